The molecule has 0 bridgehead atoms. The lowest BCUT2D eigenvalue weighted by Crippen LogP contribution is -2.34. The van der Waals surface area contributed by atoms with Gasteiger partial charge in [0.2, 0.25) is 15.6 Å². The Bertz CT molecular complexity index is 607. The van der Waals surface area contributed by atoms with E-state index in [9.17, 15) is 18.0 Å². The monoisotopic (exact) mass is 287 g/mol. The van der Waals surface area contributed by atoms with Gasteiger partial charge in [0, 0.05) is 24.8 Å². The SMILES string of the molecule is CCc1[nH]c(=O)ccc1C(=O)NCCNS(C)(=O)=O. The third-order valence-electron chi connectivity index (χ3n) is 2.37. The number of carbonyl (C=O) groups excluding carboxylic acids is 1. The van der Waals surface area contributed by atoms with E-state index in [2.05, 4.69) is 15.0 Å². The highest BCUT2D eigenvalue weighted by Gasteiger charge is 2.10. The maximum atomic E-state index is 11.8. The predicted octanol–water partition coefficient (Wildman–Crippen LogP) is -0.784. The third-order valence-corrected chi connectivity index (χ3v) is 3.10. The first-order valence-corrected chi connectivity index (χ1v) is 7.67. The van der Waals surface area contributed by atoms with Crippen LogP contribution in [0, 0.1) is 0 Å². The summed E-state index contributed by atoms with van der Waals surface area (Å²) < 4.78 is 23.9. The van der Waals surface area contributed by atoms with Crippen molar-refractivity contribution in [2.24, 2.45) is 0 Å². The van der Waals surface area contributed by atoms with Gasteiger partial charge in [0.05, 0.1) is 11.8 Å². The first-order valence-electron chi connectivity index (χ1n) is 5.78. The number of hydrogen-bond donors (Lipinski definition) is 3. The van der Waals surface area contributed by atoms with Crippen LogP contribution in [-0.2, 0) is 16.4 Å². The van der Waals surface area contributed by atoms with Crippen molar-refractivity contribution in [1.29, 1.82) is 0 Å². The summed E-state index contributed by atoms with van der Waals surface area (Å²) in [5.41, 5.74) is 0.690. The zero-order valence-electron chi connectivity index (χ0n) is 10.8. The Labute approximate surface area is 111 Å². The number of carbonyl (C=O) groups is 1. The number of rotatable bonds is 6. The molecule has 0 saturated carbocycles. The van der Waals surface area contributed by atoms with E-state index in [4.69, 9.17) is 0 Å². The van der Waals surface area contributed by atoms with Gasteiger partial charge in [-0.15, -0.1) is 0 Å². The van der Waals surface area contributed by atoms with Gasteiger partial charge in [0.15, 0.2) is 0 Å². The largest absolute Gasteiger partial charge is 0.351 e. The normalized spacial score (nSPS) is 11.3. The number of amides is 1. The number of hydrogen-bond acceptors (Lipinski definition) is 4. The van der Waals surface area contributed by atoms with Crippen molar-refractivity contribution in [2.75, 3.05) is 19.3 Å². The number of H-pyrrole nitrogens is 1. The van der Waals surface area contributed by atoms with Gasteiger partial charge in [-0.1, -0.05) is 6.92 Å². The lowest BCUT2D eigenvalue weighted by atomic mass is 10.1. The van der Waals surface area contributed by atoms with Crippen molar-refractivity contribution in [3.63, 3.8) is 0 Å². The highest BCUT2D eigenvalue weighted by Crippen LogP contribution is 2.03. The molecule has 0 atom stereocenters. The van der Waals surface area contributed by atoms with Crippen LogP contribution in [0.5, 0.6) is 0 Å². The van der Waals surface area contributed by atoms with E-state index in [1.165, 1.54) is 12.1 Å². The van der Waals surface area contributed by atoms with Gasteiger partial charge in [-0.3, -0.25) is 9.59 Å². The summed E-state index contributed by atoms with van der Waals surface area (Å²) in [6.07, 6.45) is 1.58. The molecule has 0 aliphatic heterocycles. The van der Waals surface area contributed by atoms with E-state index in [1.807, 2.05) is 6.92 Å². The Hall–Kier alpha value is -1.67. The smallest absolute Gasteiger partial charge is 0.253 e. The number of pyridine rings is 1. The Morgan fingerprint density at radius 2 is 2.00 bits per heavy atom. The van der Waals surface area contributed by atoms with Crippen molar-refractivity contribution in [1.82, 2.24) is 15.0 Å². The molecule has 1 rings (SSSR count). The van der Waals surface area contributed by atoms with Crippen molar-refractivity contribution in [3.8, 4) is 0 Å². The van der Waals surface area contributed by atoms with Crippen LogP contribution in [-0.4, -0.2) is 38.7 Å². The molecule has 1 aromatic rings. The number of aromatic nitrogens is 1. The van der Waals surface area contributed by atoms with Crippen LogP contribution in [0.3, 0.4) is 0 Å². The minimum atomic E-state index is -3.25. The van der Waals surface area contributed by atoms with Crippen molar-refractivity contribution < 1.29 is 13.2 Å². The standard InChI is InChI=1S/C11H17N3O4S/c1-3-9-8(4-5-10(15)14-9)11(16)12-6-7-13-19(2,17)18/h4-5,13H,3,6-7H2,1-2H3,(H,12,16)(H,14,15). The van der Waals surface area contributed by atoms with Crippen molar-refractivity contribution >= 4 is 15.9 Å². The molecule has 0 radical (unpaired) electrons. The topological polar surface area (TPSA) is 108 Å². The fraction of sp³-hybridized carbons (Fsp3) is 0.455. The molecule has 19 heavy (non-hydrogen) atoms. The fourth-order valence-electron chi connectivity index (χ4n) is 1.52. The van der Waals surface area contributed by atoms with Gasteiger partial charge in [-0.25, -0.2) is 13.1 Å². The van der Waals surface area contributed by atoms with E-state index in [1.54, 1.807) is 0 Å². The summed E-state index contributed by atoms with van der Waals surface area (Å²) in [5, 5.41) is 2.58. The van der Waals surface area contributed by atoms with E-state index < -0.39 is 10.0 Å². The summed E-state index contributed by atoms with van der Waals surface area (Å²) in [5.74, 6) is -0.344. The zero-order valence-corrected chi connectivity index (χ0v) is 11.6. The highest BCUT2D eigenvalue weighted by atomic mass is 32.2. The number of sulfonamides is 1. The zero-order chi connectivity index (χ0) is 14.5. The second-order valence-corrected chi connectivity index (χ2v) is 5.82. The molecule has 8 heteroatoms. The van der Waals surface area contributed by atoms with Crippen LogP contribution in [0.1, 0.15) is 23.0 Å². The molecule has 0 aliphatic carbocycles. The molecule has 1 aromatic heterocycles. The Morgan fingerprint density at radius 1 is 1.32 bits per heavy atom. The molecule has 7 nitrogen and oxygen atoms in total. The van der Waals surface area contributed by atoms with Gasteiger partial charge in [-0.05, 0) is 12.5 Å². The molecule has 1 amide bonds. The second-order valence-electron chi connectivity index (χ2n) is 3.99. The number of nitrogens with one attached hydrogen (secondary N) is 3. The second kappa shape index (κ2) is 6.48. The molecule has 0 aliphatic rings. The van der Waals surface area contributed by atoms with Crippen molar-refractivity contribution in [2.45, 2.75) is 13.3 Å². The van der Waals surface area contributed by atoms with E-state index in [0.29, 0.717) is 17.7 Å². The van der Waals surface area contributed by atoms with Gasteiger partial charge in [0.1, 0.15) is 0 Å². The summed E-state index contributed by atoms with van der Waals surface area (Å²) in [7, 11) is -3.25. The average Bonchev–Trinajstić information content (AvgIpc) is 2.33. The van der Waals surface area contributed by atoms with Crippen LogP contribution in [0.15, 0.2) is 16.9 Å². The minimum Gasteiger partial charge on any atom is -0.351 e. The maximum absolute atomic E-state index is 11.8. The molecule has 0 unspecified atom stereocenters. The van der Waals surface area contributed by atoms with Gasteiger partial charge in [0.25, 0.3) is 5.91 Å². The highest BCUT2D eigenvalue weighted by molar-refractivity contribution is 7.88. The van der Waals surface area contributed by atoms with Crippen LogP contribution in [0.4, 0.5) is 0 Å². The van der Waals surface area contributed by atoms with E-state index >= 15 is 0 Å². The van der Waals surface area contributed by atoms with Crippen LogP contribution >= 0.6 is 0 Å². The molecule has 0 fully saturated rings. The van der Waals surface area contributed by atoms with Crippen LogP contribution in [0.25, 0.3) is 0 Å². The number of aromatic amines is 1. The Morgan fingerprint density at radius 3 is 2.58 bits per heavy atom. The fourth-order valence-corrected chi connectivity index (χ4v) is 1.99. The number of aryl methyl sites for hydroxylation is 1. The molecule has 0 spiro atoms. The summed E-state index contributed by atoms with van der Waals surface area (Å²) >= 11 is 0. The van der Waals surface area contributed by atoms with Crippen LogP contribution < -0.4 is 15.6 Å². The van der Waals surface area contributed by atoms with Crippen LogP contribution in [0.2, 0.25) is 0 Å². The minimum absolute atomic E-state index is 0.120. The third kappa shape index (κ3) is 5.23. The first-order chi connectivity index (χ1) is 8.83. The summed E-state index contributed by atoms with van der Waals surface area (Å²) in [6.45, 7) is 2.12. The Kier molecular flexibility index (Phi) is 5.25. The predicted molar refractivity (Wildman–Crippen MR) is 71.6 cm³/mol. The molecule has 106 valence electrons. The molecule has 1 heterocycles. The van der Waals surface area contributed by atoms with Gasteiger partial charge < -0.3 is 10.3 Å². The average molecular weight is 287 g/mol. The molecule has 3 N–H and O–H groups in total. The molecular formula is C11H17N3O4S. The molecule has 0 aromatic carbocycles. The lowest BCUT2D eigenvalue weighted by molar-refractivity contribution is 0.0953. The first kappa shape index (κ1) is 15.4. The quantitative estimate of drug-likeness (QED) is 0.596. The maximum Gasteiger partial charge on any atom is 0.253 e. The summed E-state index contributed by atoms with van der Waals surface area (Å²) in [4.78, 5) is 25.6. The Balaban J connectivity index is 2.61. The molecular weight excluding hydrogens is 270 g/mol. The van der Waals surface area contributed by atoms with Gasteiger partial charge in [-0.2, -0.15) is 0 Å². The molecule has 0 saturated heterocycles. The van der Waals surface area contributed by atoms with Crippen molar-refractivity contribution in [3.05, 3.63) is 33.7 Å². The van der Waals surface area contributed by atoms with E-state index in [0.717, 1.165) is 6.26 Å². The summed E-state index contributed by atoms with van der Waals surface area (Å²) in [6, 6.07) is 2.74. The lowest BCUT2D eigenvalue weighted by Gasteiger charge is -2.08. The van der Waals surface area contributed by atoms with Gasteiger partial charge >= 0.3 is 0 Å². The van der Waals surface area contributed by atoms with E-state index in [-0.39, 0.29) is 24.6 Å².